The highest BCUT2D eigenvalue weighted by Crippen LogP contribution is 2.33. The summed E-state index contributed by atoms with van der Waals surface area (Å²) in [5.74, 6) is 0.462. The molecule has 0 unspecified atom stereocenters. The van der Waals surface area contributed by atoms with Crippen molar-refractivity contribution < 1.29 is 14.3 Å². The van der Waals surface area contributed by atoms with Gasteiger partial charge in [-0.3, -0.25) is 14.0 Å². The molecule has 1 aliphatic rings. The van der Waals surface area contributed by atoms with Gasteiger partial charge in [-0.1, -0.05) is 12.1 Å². The molecule has 0 aliphatic carbocycles. The molecule has 4 heterocycles. The molecule has 1 saturated heterocycles. The molecule has 2 amide bonds. The Morgan fingerprint density at radius 3 is 2.91 bits per heavy atom. The predicted octanol–water partition coefficient (Wildman–Crippen LogP) is 4.18. The lowest BCUT2D eigenvalue weighted by atomic mass is 10.0. The highest BCUT2D eigenvalue weighted by Gasteiger charge is 2.30. The van der Waals surface area contributed by atoms with Crippen LogP contribution in [0.5, 0.6) is 5.75 Å². The average molecular weight is 496 g/mol. The molecule has 0 radical (unpaired) electrons. The Hall–Kier alpha value is -3.24. The van der Waals surface area contributed by atoms with E-state index < -0.39 is 0 Å². The van der Waals surface area contributed by atoms with Crippen molar-refractivity contribution >= 4 is 39.4 Å². The van der Waals surface area contributed by atoms with E-state index in [0.29, 0.717) is 30.2 Å². The van der Waals surface area contributed by atoms with Crippen LogP contribution in [-0.4, -0.2) is 57.3 Å². The Bertz CT molecular complexity index is 1370. The highest BCUT2D eigenvalue weighted by atomic mass is 32.1. The molecular weight excluding hydrogens is 470 g/mol. The van der Waals surface area contributed by atoms with E-state index >= 15 is 0 Å². The van der Waals surface area contributed by atoms with Gasteiger partial charge in [-0.2, -0.15) is 0 Å². The zero-order valence-corrected chi connectivity index (χ0v) is 20.8. The van der Waals surface area contributed by atoms with Crippen LogP contribution in [0.1, 0.15) is 44.5 Å². The number of ether oxygens (including phenoxy) is 1. The summed E-state index contributed by atoms with van der Waals surface area (Å²) in [6.45, 7) is 4.84. The van der Waals surface area contributed by atoms with E-state index in [-0.39, 0.29) is 17.9 Å². The van der Waals surface area contributed by atoms with Crippen LogP contribution in [0.2, 0.25) is 0 Å². The van der Waals surface area contributed by atoms with Crippen molar-refractivity contribution in [2.24, 2.45) is 0 Å². The largest absolute Gasteiger partial charge is 0.497 e. The van der Waals surface area contributed by atoms with Gasteiger partial charge in [0.05, 0.1) is 22.7 Å². The number of aryl methyl sites for hydroxylation is 2. The van der Waals surface area contributed by atoms with Crippen molar-refractivity contribution in [2.45, 2.75) is 32.7 Å². The van der Waals surface area contributed by atoms with Crippen LogP contribution in [0.4, 0.5) is 0 Å². The number of carbonyl (C=O) groups is 2. The summed E-state index contributed by atoms with van der Waals surface area (Å²) < 4.78 is 7.17. The van der Waals surface area contributed by atoms with Crippen LogP contribution in [0, 0.1) is 13.8 Å². The second-order valence-electron chi connectivity index (χ2n) is 8.31. The fourth-order valence-electron chi connectivity index (χ4n) is 4.38. The molecule has 176 valence electrons. The number of fused-ring (bicyclic) bond motifs is 1. The summed E-state index contributed by atoms with van der Waals surface area (Å²) >= 11 is 3.00. The van der Waals surface area contributed by atoms with Crippen LogP contribution < -0.4 is 10.1 Å². The molecule has 1 N–H and O–H groups in total. The normalized spacial score (nSPS) is 16.1. The number of amides is 2. The van der Waals surface area contributed by atoms with Crippen molar-refractivity contribution in [1.29, 1.82) is 0 Å². The summed E-state index contributed by atoms with van der Waals surface area (Å²) in [5, 5.41) is 5.87. The zero-order valence-electron chi connectivity index (χ0n) is 19.2. The molecule has 0 spiro atoms. The lowest BCUT2D eigenvalue weighted by Crippen LogP contribution is -2.50. The van der Waals surface area contributed by atoms with Gasteiger partial charge < -0.3 is 15.0 Å². The predicted molar refractivity (Wildman–Crippen MR) is 133 cm³/mol. The number of imidazole rings is 1. The number of thiazole rings is 2. The number of aromatic nitrogens is 3. The molecule has 3 aromatic heterocycles. The Morgan fingerprint density at radius 2 is 2.09 bits per heavy atom. The van der Waals surface area contributed by atoms with E-state index in [4.69, 9.17) is 4.74 Å². The van der Waals surface area contributed by atoms with Crippen molar-refractivity contribution in [1.82, 2.24) is 24.6 Å². The van der Waals surface area contributed by atoms with E-state index in [0.717, 1.165) is 39.0 Å². The summed E-state index contributed by atoms with van der Waals surface area (Å²) in [7, 11) is 1.63. The van der Waals surface area contributed by atoms with Gasteiger partial charge >= 0.3 is 0 Å². The molecule has 0 saturated carbocycles. The maximum atomic E-state index is 13.5. The summed E-state index contributed by atoms with van der Waals surface area (Å²) in [4.78, 5) is 39.1. The Labute approximate surface area is 205 Å². The van der Waals surface area contributed by atoms with Crippen molar-refractivity contribution in [3.05, 3.63) is 57.9 Å². The van der Waals surface area contributed by atoms with Gasteiger partial charge in [0.15, 0.2) is 4.96 Å². The number of likely N-dealkylation sites (tertiary alicyclic amines) is 1. The van der Waals surface area contributed by atoms with Gasteiger partial charge in [0.2, 0.25) is 0 Å². The van der Waals surface area contributed by atoms with E-state index in [1.807, 2.05) is 54.1 Å². The maximum absolute atomic E-state index is 13.5. The third kappa shape index (κ3) is 4.19. The number of nitrogens with zero attached hydrogens (tertiary/aromatic N) is 4. The first-order valence-electron chi connectivity index (χ1n) is 11.1. The summed E-state index contributed by atoms with van der Waals surface area (Å²) in [6, 6.07) is 7.54. The van der Waals surface area contributed by atoms with Gasteiger partial charge in [0, 0.05) is 30.7 Å². The number of nitrogens with one attached hydrogen (secondary N) is 1. The van der Waals surface area contributed by atoms with Crippen molar-refractivity contribution in [3.8, 4) is 16.2 Å². The van der Waals surface area contributed by atoms with Gasteiger partial charge in [0.1, 0.15) is 17.1 Å². The van der Waals surface area contributed by atoms with Gasteiger partial charge in [-0.05, 0) is 44.4 Å². The van der Waals surface area contributed by atoms with E-state index in [2.05, 4.69) is 15.3 Å². The average Bonchev–Trinajstić information content (AvgIpc) is 3.52. The number of piperidine rings is 1. The number of rotatable bonds is 5. The van der Waals surface area contributed by atoms with E-state index in [1.165, 1.54) is 22.7 Å². The summed E-state index contributed by atoms with van der Waals surface area (Å²) in [6.07, 6.45) is 3.49. The molecule has 0 bridgehead atoms. The quantitative estimate of drug-likeness (QED) is 0.449. The van der Waals surface area contributed by atoms with Crippen molar-refractivity contribution in [3.63, 3.8) is 0 Å². The molecule has 5 rings (SSSR count). The van der Waals surface area contributed by atoms with E-state index in [1.54, 1.807) is 12.0 Å². The SMILES string of the molecule is COc1cccc(-c2sc(C)nc2C(=O)N2CCC[C@@H](NC(=O)c3c(C)nc4sccn34)C2)c1. The molecule has 34 heavy (non-hydrogen) atoms. The Kier molecular flexibility index (Phi) is 6.09. The zero-order chi connectivity index (χ0) is 23.8. The smallest absolute Gasteiger partial charge is 0.274 e. The van der Waals surface area contributed by atoms with Crippen LogP contribution in [0.25, 0.3) is 15.4 Å². The second-order valence-corrected chi connectivity index (χ2v) is 10.4. The third-order valence-corrected chi connectivity index (χ3v) is 7.74. The molecule has 4 aromatic rings. The Balaban J connectivity index is 1.34. The minimum atomic E-state index is -0.163. The van der Waals surface area contributed by atoms with E-state index in [9.17, 15) is 9.59 Å². The van der Waals surface area contributed by atoms with Gasteiger partial charge in [-0.15, -0.1) is 22.7 Å². The standard InChI is InChI=1S/C24H25N5O3S2/c1-14-20(29-10-11-33-24(29)25-14)22(30)27-17-7-5-9-28(13-17)23(31)19-21(34-15(2)26-19)16-6-4-8-18(12-16)32-3/h4,6,8,10-12,17H,5,7,9,13H2,1-3H3,(H,27,30)/t17-/m1/s1. The molecule has 1 aromatic carbocycles. The van der Waals surface area contributed by atoms with Crippen molar-refractivity contribution in [2.75, 3.05) is 20.2 Å². The first kappa shape index (κ1) is 22.5. The minimum Gasteiger partial charge on any atom is -0.497 e. The number of methoxy groups -OCH3 is 1. The van der Waals surface area contributed by atoms with Gasteiger partial charge in [0.25, 0.3) is 11.8 Å². The summed E-state index contributed by atoms with van der Waals surface area (Å²) in [5.41, 5.74) is 2.62. The molecular formula is C24H25N5O3S2. The van der Waals surface area contributed by atoms with Crippen LogP contribution in [0.15, 0.2) is 35.8 Å². The fraction of sp³-hybridized carbons (Fsp3) is 0.333. The van der Waals surface area contributed by atoms with Crippen LogP contribution in [-0.2, 0) is 0 Å². The molecule has 1 aliphatic heterocycles. The maximum Gasteiger partial charge on any atom is 0.274 e. The molecule has 1 fully saturated rings. The molecule has 8 nitrogen and oxygen atoms in total. The second kappa shape index (κ2) is 9.19. The number of benzene rings is 1. The van der Waals surface area contributed by atoms with Crippen LogP contribution in [0.3, 0.4) is 0 Å². The first-order valence-corrected chi connectivity index (χ1v) is 12.8. The lowest BCUT2D eigenvalue weighted by molar-refractivity contribution is 0.0671. The third-order valence-electron chi connectivity index (χ3n) is 5.96. The Morgan fingerprint density at radius 1 is 1.24 bits per heavy atom. The van der Waals surface area contributed by atoms with Gasteiger partial charge in [-0.25, -0.2) is 9.97 Å². The monoisotopic (exact) mass is 495 g/mol. The fourth-order valence-corrected chi connectivity index (χ4v) is 6.05. The number of hydrogen-bond acceptors (Lipinski definition) is 7. The topological polar surface area (TPSA) is 88.8 Å². The molecule has 1 atom stereocenters. The highest BCUT2D eigenvalue weighted by molar-refractivity contribution is 7.15. The lowest BCUT2D eigenvalue weighted by Gasteiger charge is -2.33. The number of carbonyl (C=O) groups excluding carboxylic acids is 2. The van der Waals surface area contributed by atoms with Crippen LogP contribution >= 0.6 is 22.7 Å². The first-order chi connectivity index (χ1) is 16.4. The minimum absolute atomic E-state index is 0.109. The number of hydrogen-bond donors (Lipinski definition) is 1. The molecule has 10 heteroatoms.